The number of carbonyl (C=O) groups excluding carboxylic acids is 3. The van der Waals surface area contributed by atoms with Gasteiger partial charge in [-0.05, 0) is 90.1 Å². The molecule has 2 aromatic carbocycles. The normalized spacial score (nSPS) is 14.4. The molecule has 272 valence electrons. The topological polar surface area (TPSA) is 225 Å². The molecule has 2 fully saturated rings. The maximum absolute atomic E-state index is 12.1. The first kappa shape index (κ1) is 40.7. The van der Waals surface area contributed by atoms with E-state index in [0.29, 0.717) is 17.2 Å². The molecule has 0 aromatic heterocycles. The van der Waals surface area contributed by atoms with Gasteiger partial charge in [0.15, 0.2) is 5.78 Å². The van der Waals surface area contributed by atoms with Gasteiger partial charge >= 0.3 is 12.2 Å². The van der Waals surface area contributed by atoms with Gasteiger partial charge in [-0.3, -0.25) is 20.4 Å². The highest BCUT2D eigenvalue weighted by atomic mass is 32.2. The van der Waals surface area contributed by atoms with Crippen LogP contribution in [-0.2, 0) is 34.3 Å². The summed E-state index contributed by atoms with van der Waals surface area (Å²) in [6.45, 7) is 11.6. The van der Waals surface area contributed by atoms with Crippen molar-refractivity contribution in [2.45, 2.75) is 62.5 Å². The number of hydrogen-bond acceptors (Lipinski definition) is 13. The predicted molar refractivity (Wildman–Crippen MR) is 179 cm³/mol. The number of amides is 2. The summed E-state index contributed by atoms with van der Waals surface area (Å²) in [6.07, 6.45) is -0.846. The van der Waals surface area contributed by atoms with Gasteiger partial charge in [0, 0.05) is 0 Å². The second-order valence-electron chi connectivity index (χ2n) is 12.5. The number of sulfonamides is 2. The van der Waals surface area contributed by atoms with Gasteiger partial charge in [0.2, 0.25) is 0 Å². The average Bonchev–Trinajstić information content (AvgIpc) is 2.97. The van der Waals surface area contributed by atoms with E-state index in [1.165, 1.54) is 48.3 Å². The third-order valence-corrected chi connectivity index (χ3v) is 8.43. The zero-order chi connectivity index (χ0) is 37.2. The number of hydrazone groups is 1. The van der Waals surface area contributed by atoms with E-state index < -0.39 is 43.4 Å². The lowest BCUT2D eigenvalue weighted by Crippen LogP contribution is -2.52. The quantitative estimate of drug-likeness (QED) is 0.276. The Kier molecular flexibility index (Phi) is 13.9. The van der Waals surface area contributed by atoms with E-state index in [1.807, 2.05) is 0 Å². The first-order valence-electron chi connectivity index (χ1n) is 14.6. The second kappa shape index (κ2) is 16.8. The molecule has 2 heterocycles. The van der Waals surface area contributed by atoms with Crippen LogP contribution in [0.5, 0.6) is 11.5 Å². The molecule has 2 amide bonds. The molecule has 0 spiro atoms. The number of hydrazine groups is 1. The first-order chi connectivity index (χ1) is 22.6. The Hall–Kier alpha value is -4.46. The largest absolute Gasteiger partial charge is 0.497 e. The molecule has 2 saturated heterocycles. The van der Waals surface area contributed by atoms with Gasteiger partial charge < -0.3 is 18.9 Å². The molecule has 2 aromatic rings. The first-order valence-corrected chi connectivity index (χ1v) is 17.6. The zero-order valence-corrected chi connectivity index (χ0v) is 30.3. The molecule has 2 aliphatic rings. The number of carbonyl (C=O) groups is 3. The van der Waals surface area contributed by atoms with E-state index in [2.05, 4.69) is 9.93 Å². The lowest BCUT2D eigenvalue weighted by molar-refractivity contribution is -0.128. The molecule has 0 aliphatic carbocycles. The van der Waals surface area contributed by atoms with E-state index in [9.17, 15) is 31.2 Å². The Morgan fingerprint density at radius 2 is 1.06 bits per heavy atom. The van der Waals surface area contributed by atoms with Crippen molar-refractivity contribution in [2.24, 2.45) is 10.9 Å². The minimum Gasteiger partial charge on any atom is -0.497 e. The fourth-order valence-electron chi connectivity index (χ4n) is 3.51. The van der Waals surface area contributed by atoms with Gasteiger partial charge in [-0.2, -0.15) is 23.2 Å². The number of Topliss-reactive ketones (excluding diaryl/α,β-unsaturated/α-hetero) is 1. The van der Waals surface area contributed by atoms with Crippen LogP contribution in [0, 0.1) is 0 Å². The summed E-state index contributed by atoms with van der Waals surface area (Å²) in [7, 11) is -4.30. The minimum absolute atomic E-state index is 0.0796. The zero-order valence-electron chi connectivity index (χ0n) is 28.7. The van der Waals surface area contributed by atoms with Gasteiger partial charge in [0.05, 0.1) is 55.9 Å². The third-order valence-electron chi connectivity index (χ3n) is 6.00. The standard InChI is InChI=1S/C15H21N3O5S.C8H13NO3.C7H10N2O3S/c1-15(2,3)23-14(19)18-9-11(10-18)16-17-24(20,21)13-7-5-12(22-4)6-8-13;1-8(2,3)12-7(11)9-4-6(10)5-9;1-12-6-2-4-7(5-3-6)13(10,11)9-8/h5-8,17H,9-10H2,1-4H3;4-5H2,1-3H3;2-5,9H,8H2,1H3. The van der Waals surface area contributed by atoms with E-state index in [0.717, 1.165) is 0 Å². The number of ketones is 1. The lowest BCUT2D eigenvalue weighted by atomic mass is 10.2. The van der Waals surface area contributed by atoms with Crippen LogP contribution >= 0.6 is 0 Å². The molecule has 19 heteroatoms. The van der Waals surface area contributed by atoms with Crippen LogP contribution < -0.4 is 25.0 Å². The third kappa shape index (κ3) is 13.5. The van der Waals surface area contributed by atoms with Crippen molar-refractivity contribution in [1.29, 1.82) is 0 Å². The van der Waals surface area contributed by atoms with Crippen LogP contribution in [0.15, 0.2) is 63.4 Å². The SMILES string of the molecule is CC(C)(C)OC(=O)N1CC(=O)C1.COc1ccc(S(=O)(=O)NN)cc1.COc1ccc(S(=O)(=O)NN=C2CN(C(=O)OC(C)(C)C)C2)cc1. The van der Waals surface area contributed by atoms with Crippen LogP contribution in [-0.4, -0.2) is 102 Å². The molecule has 0 bridgehead atoms. The van der Waals surface area contributed by atoms with E-state index in [1.54, 1.807) is 70.6 Å². The summed E-state index contributed by atoms with van der Waals surface area (Å²) >= 11 is 0. The summed E-state index contributed by atoms with van der Waals surface area (Å²) in [5, 5.41) is 3.85. The smallest absolute Gasteiger partial charge is 0.411 e. The number of nitrogens with zero attached hydrogens (tertiary/aromatic N) is 3. The summed E-state index contributed by atoms with van der Waals surface area (Å²) < 4.78 is 66.6. The van der Waals surface area contributed by atoms with E-state index >= 15 is 0 Å². The van der Waals surface area contributed by atoms with Crippen molar-refractivity contribution in [3.63, 3.8) is 0 Å². The van der Waals surface area contributed by atoms with Gasteiger partial charge in [0.25, 0.3) is 20.0 Å². The summed E-state index contributed by atoms with van der Waals surface area (Å²) in [5.74, 6) is 6.08. The summed E-state index contributed by atoms with van der Waals surface area (Å²) in [5.41, 5.74) is -0.492. The summed E-state index contributed by atoms with van der Waals surface area (Å²) in [6, 6.07) is 11.9. The lowest BCUT2D eigenvalue weighted by Gasteiger charge is -2.34. The molecule has 2 aliphatic heterocycles. The van der Waals surface area contributed by atoms with Gasteiger partial charge in [-0.15, -0.1) is 0 Å². The van der Waals surface area contributed by atoms with Crippen LogP contribution in [0.1, 0.15) is 41.5 Å². The van der Waals surface area contributed by atoms with Crippen LogP contribution in [0.2, 0.25) is 0 Å². The Bertz CT molecular complexity index is 1680. The number of nitrogens with two attached hydrogens (primary N) is 1. The number of ether oxygens (including phenoxy) is 4. The molecule has 4 N–H and O–H groups in total. The van der Waals surface area contributed by atoms with Crippen molar-refractivity contribution in [3.05, 3.63) is 48.5 Å². The highest BCUT2D eigenvalue weighted by molar-refractivity contribution is 7.89. The number of methoxy groups -OCH3 is 2. The monoisotopic (exact) mass is 728 g/mol. The van der Waals surface area contributed by atoms with Crippen molar-refractivity contribution in [1.82, 2.24) is 19.5 Å². The predicted octanol–water partition coefficient (Wildman–Crippen LogP) is 2.23. The number of rotatable bonds is 7. The molecular weight excluding hydrogens is 684 g/mol. The Morgan fingerprint density at radius 1 is 0.694 bits per heavy atom. The Morgan fingerprint density at radius 3 is 1.39 bits per heavy atom. The van der Waals surface area contributed by atoms with Gasteiger partial charge in [-0.1, -0.05) is 0 Å². The number of benzene rings is 2. The highest BCUT2D eigenvalue weighted by Gasteiger charge is 2.32. The number of likely N-dealkylation sites (tertiary alicyclic amines) is 2. The summed E-state index contributed by atoms with van der Waals surface area (Å²) in [4.78, 5) is 40.3. The molecule has 0 radical (unpaired) electrons. The molecule has 0 atom stereocenters. The molecule has 49 heavy (non-hydrogen) atoms. The average molecular weight is 729 g/mol. The van der Waals surface area contributed by atoms with Crippen LogP contribution in [0.4, 0.5) is 9.59 Å². The second-order valence-corrected chi connectivity index (χ2v) is 15.8. The molecular formula is C30H44N6O11S2. The number of nitrogens with one attached hydrogen (secondary N) is 2. The molecule has 17 nitrogen and oxygen atoms in total. The van der Waals surface area contributed by atoms with Gasteiger partial charge in [-0.25, -0.2) is 18.0 Å². The Labute approximate surface area is 286 Å². The Balaban J connectivity index is 0.000000281. The van der Waals surface area contributed by atoms with Crippen LogP contribution in [0.25, 0.3) is 0 Å². The maximum Gasteiger partial charge on any atom is 0.411 e. The van der Waals surface area contributed by atoms with Crippen molar-refractivity contribution < 1.29 is 50.2 Å². The van der Waals surface area contributed by atoms with E-state index in [-0.39, 0.29) is 41.8 Å². The fraction of sp³-hybridized carbons (Fsp3) is 0.467. The molecule has 0 unspecified atom stereocenters. The number of hydrogen-bond donors (Lipinski definition) is 3. The fourth-order valence-corrected chi connectivity index (χ4v) is 4.99. The molecule has 4 rings (SSSR count). The van der Waals surface area contributed by atoms with Crippen molar-refractivity contribution >= 4 is 43.7 Å². The minimum atomic E-state index is -3.75. The van der Waals surface area contributed by atoms with Crippen molar-refractivity contribution in [2.75, 3.05) is 40.4 Å². The maximum atomic E-state index is 12.1. The van der Waals surface area contributed by atoms with Crippen LogP contribution in [0.3, 0.4) is 0 Å². The highest BCUT2D eigenvalue weighted by Crippen LogP contribution is 2.17. The molecule has 0 saturated carbocycles. The van der Waals surface area contributed by atoms with Crippen molar-refractivity contribution in [3.8, 4) is 11.5 Å². The van der Waals surface area contributed by atoms with E-state index in [4.69, 9.17) is 24.8 Å². The van der Waals surface area contributed by atoms with Gasteiger partial charge in [0.1, 0.15) is 22.7 Å².